The summed E-state index contributed by atoms with van der Waals surface area (Å²) >= 11 is 6.01. The largest absolute Gasteiger partial charge is 0.349 e. The van der Waals surface area contributed by atoms with Crippen molar-refractivity contribution in [1.29, 1.82) is 0 Å². The molecule has 116 valence electrons. The Morgan fingerprint density at radius 3 is 2.59 bits per heavy atom. The van der Waals surface area contributed by atoms with Gasteiger partial charge in [-0.3, -0.25) is 0 Å². The van der Waals surface area contributed by atoms with Crippen LogP contribution < -0.4 is 5.32 Å². The van der Waals surface area contributed by atoms with E-state index in [1.165, 1.54) is 4.31 Å². The van der Waals surface area contributed by atoms with Gasteiger partial charge in [0.2, 0.25) is 16.0 Å². The molecule has 1 aromatic heterocycles. The molecular formula is C14H15ClN4O2S. The van der Waals surface area contributed by atoms with Crippen molar-refractivity contribution in [2.75, 3.05) is 18.4 Å². The molecule has 0 unspecified atom stereocenters. The Balaban J connectivity index is 1.70. The molecule has 0 amide bonds. The first-order chi connectivity index (χ1) is 10.5. The minimum absolute atomic E-state index is 0.0108. The number of sulfonamides is 1. The molecule has 1 aliphatic heterocycles. The SMILES string of the molecule is Cc1c(Cl)cccc1S(=O)(=O)N1CC(Nc2ncccn2)C1. The van der Waals surface area contributed by atoms with Gasteiger partial charge in [-0.05, 0) is 30.7 Å². The Morgan fingerprint density at radius 1 is 1.23 bits per heavy atom. The van der Waals surface area contributed by atoms with E-state index in [-0.39, 0.29) is 10.9 Å². The van der Waals surface area contributed by atoms with Crippen LogP contribution in [0.15, 0.2) is 41.6 Å². The molecule has 0 atom stereocenters. The van der Waals surface area contributed by atoms with Crippen molar-refractivity contribution in [2.24, 2.45) is 0 Å². The molecule has 3 rings (SSSR count). The van der Waals surface area contributed by atoms with Crippen LogP contribution in [0.3, 0.4) is 0 Å². The fourth-order valence-electron chi connectivity index (χ4n) is 2.29. The minimum Gasteiger partial charge on any atom is -0.349 e. The predicted molar refractivity (Wildman–Crippen MR) is 84.4 cm³/mol. The highest BCUT2D eigenvalue weighted by atomic mass is 35.5. The van der Waals surface area contributed by atoms with E-state index in [4.69, 9.17) is 11.6 Å². The topological polar surface area (TPSA) is 75.2 Å². The van der Waals surface area contributed by atoms with E-state index in [1.807, 2.05) is 0 Å². The standard InChI is InChI=1S/C14H15ClN4O2S/c1-10-12(15)4-2-5-13(10)22(20,21)19-8-11(9-19)18-14-16-6-3-7-17-14/h2-7,11H,8-9H2,1H3,(H,16,17,18). The molecule has 2 aromatic rings. The van der Waals surface area contributed by atoms with E-state index in [0.29, 0.717) is 29.6 Å². The molecule has 0 spiro atoms. The molecule has 1 aromatic carbocycles. The van der Waals surface area contributed by atoms with Gasteiger partial charge in [0.1, 0.15) is 0 Å². The third-order valence-electron chi connectivity index (χ3n) is 3.58. The molecule has 6 nitrogen and oxygen atoms in total. The highest BCUT2D eigenvalue weighted by molar-refractivity contribution is 7.89. The number of hydrogen-bond acceptors (Lipinski definition) is 5. The summed E-state index contributed by atoms with van der Waals surface area (Å²) in [4.78, 5) is 8.39. The molecule has 1 N–H and O–H groups in total. The highest BCUT2D eigenvalue weighted by Crippen LogP contribution is 2.28. The summed E-state index contributed by atoms with van der Waals surface area (Å²) in [6.07, 6.45) is 3.27. The monoisotopic (exact) mass is 338 g/mol. The van der Waals surface area contributed by atoms with Gasteiger partial charge in [-0.2, -0.15) is 4.31 Å². The molecular weight excluding hydrogens is 324 g/mol. The zero-order chi connectivity index (χ0) is 15.7. The maximum atomic E-state index is 12.6. The molecule has 2 heterocycles. The van der Waals surface area contributed by atoms with Crippen LogP contribution in [-0.2, 0) is 10.0 Å². The smallest absolute Gasteiger partial charge is 0.243 e. The average molecular weight is 339 g/mol. The van der Waals surface area contributed by atoms with Gasteiger partial charge in [0.05, 0.1) is 10.9 Å². The van der Waals surface area contributed by atoms with Gasteiger partial charge >= 0.3 is 0 Å². The Bertz CT molecular complexity index is 777. The second-order valence-electron chi connectivity index (χ2n) is 5.10. The van der Waals surface area contributed by atoms with Gasteiger partial charge in [0, 0.05) is 30.5 Å². The number of rotatable bonds is 4. The van der Waals surface area contributed by atoms with Crippen LogP contribution in [0, 0.1) is 6.92 Å². The summed E-state index contributed by atoms with van der Waals surface area (Å²) < 4.78 is 26.6. The van der Waals surface area contributed by atoms with Crippen LogP contribution in [0.2, 0.25) is 5.02 Å². The third-order valence-corrected chi connectivity index (χ3v) is 5.97. The van der Waals surface area contributed by atoms with Crippen molar-refractivity contribution in [2.45, 2.75) is 17.9 Å². The van der Waals surface area contributed by atoms with Crippen molar-refractivity contribution in [1.82, 2.24) is 14.3 Å². The van der Waals surface area contributed by atoms with Gasteiger partial charge in [-0.1, -0.05) is 17.7 Å². The molecule has 1 aliphatic rings. The van der Waals surface area contributed by atoms with Crippen molar-refractivity contribution in [3.63, 3.8) is 0 Å². The number of nitrogens with zero attached hydrogens (tertiary/aromatic N) is 3. The van der Waals surface area contributed by atoms with Crippen LogP contribution >= 0.6 is 11.6 Å². The lowest BCUT2D eigenvalue weighted by Gasteiger charge is -2.38. The summed E-state index contributed by atoms with van der Waals surface area (Å²) in [5, 5.41) is 3.56. The maximum absolute atomic E-state index is 12.6. The van der Waals surface area contributed by atoms with Crippen molar-refractivity contribution >= 4 is 27.6 Å². The Kier molecular flexibility index (Phi) is 4.03. The van der Waals surface area contributed by atoms with E-state index >= 15 is 0 Å². The summed E-state index contributed by atoms with van der Waals surface area (Å²) in [5.74, 6) is 0.503. The van der Waals surface area contributed by atoms with E-state index < -0.39 is 10.0 Å². The molecule has 0 bridgehead atoms. The third kappa shape index (κ3) is 2.79. The lowest BCUT2D eigenvalue weighted by atomic mass is 10.2. The molecule has 0 radical (unpaired) electrons. The van der Waals surface area contributed by atoms with Crippen LogP contribution in [-0.4, -0.2) is 41.8 Å². The Labute approximate surface area is 134 Å². The molecule has 22 heavy (non-hydrogen) atoms. The normalized spacial score (nSPS) is 16.3. The first-order valence-electron chi connectivity index (χ1n) is 6.77. The molecule has 1 saturated heterocycles. The lowest BCUT2D eigenvalue weighted by Crippen LogP contribution is -2.57. The zero-order valence-electron chi connectivity index (χ0n) is 11.9. The van der Waals surface area contributed by atoms with Gasteiger partial charge in [-0.15, -0.1) is 0 Å². The summed E-state index contributed by atoms with van der Waals surface area (Å²) in [7, 11) is -3.51. The maximum Gasteiger partial charge on any atom is 0.243 e. The van der Waals surface area contributed by atoms with E-state index in [2.05, 4.69) is 15.3 Å². The summed E-state index contributed by atoms with van der Waals surface area (Å²) in [6.45, 7) is 2.47. The van der Waals surface area contributed by atoms with E-state index in [9.17, 15) is 8.42 Å². The van der Waals surface area contributed by atoms with Crippen LogP contribution in [0.1, 0.15) is 5.56 Å². The fraction of sp³-hybridized carbons (Fsp3) is 0.286. The number of benzene rings is 1. The molecule has 0 saturated carbocycles. The highest BCUT2D eigenvalue weighted by Gasteiger charge is 2.37. The van der Waals surface area contributed by atoms with Crippen molar-refractivity contribution in [3.8, 4) is 0 Å². The van der Waals surface area contributed by atoms with Gasteiger partial charge < -0.3 is 5.32 Å². The second-order valence-corrected chi connectivity index (χ2v) is 7.41. The number of nitrogens with one attached hydrogen (secondary N) is 1. The fourth-order valence-corrected chi connectivity index (χ4v) is 4.30. The number of hydrogen-bond donors (Lipinski definition) is 1. The first kappa shape index (κ1) is 15.2. The van der Waals surface area contributed by atoms with E-state index in [1.54, 1.807) is 43.6 Å². The van der Waals surface area contributed by atoms with Crippen LogP contribution in [0.4, 0.5) is 5.95 Å². The van der Waals surface area contributed by atoms with E-state index in [0.717, 1.165) is 0 Å². The summed E-state index contributed by atoms with van der Waals surface area (Å²) in [5.41, 5.74) is 0.576. The Hall–Kier alpha value is -1.70. The summed E-state index contributed by atoms with van der Waals surface area (Å²) in [6, 6.07) is 6.65. The van der Waals surface area contributed by atoms with Crippen molar-refractivity contribution < 1.29 is 8.42 Å². The lowest BCUT2D eigenvalue weighted by molar-refractivity contribution is 0.280. The Morgan fingerprint density at radius 2 is 1.91 bits per heavy atom. The quantitative estimate of drug-likeness (QED) is 0.921. The molecule has 1 fully saturated rings. The number of halogens is 1. The van der Waals surface area contributed by atoms with Crippen LogP contribution in [0.25, 0.3) is 0 Å². The molecule has 0 aliphatic carbocycles. The zero-order valence-corrected chi connectivity index (χ0v) is 13.5. The number of aromatic nitrogens is 2. The predicted octanol–water partition coefficient (Wildman–Crippen LogP) is 1.92. The van der Waals surface area contributed by atoms with Gasteiger partial charge in [-0.25, -0.2) is 18.4 Å². The van der Waals surface area contributed by atoms with Gasteiger partial charge in [0.15, 0.2) is 0 Å². The van der Waals surface area contributed by atoms with Crippen molar-refractivity contribution in [3.05, 3.63) is 47.2 Å². The second kappa shape index (κ2) is 5.83. The average Bonchev–Trinajstić information content (AvgIpc) is 2.46. The first-order valence-corrected chi connectivity index (χ1v) is 8.59. The molecule has 8 heteroatoms. The minimum atomic E-state index is -3.51. The van der Waals surface area contributed by atoms with Crippen LogP contribution in [0.5, 0.6) is 0 Å². The number of anilines is 1. The van der Waals surface area contributed by atoms with Gasteiger partial charge in [0.25, 0.3) is 0 Å².